The molecule has 0 aliphatic carbocycles. The van der Waals surface area contributed by atoms with E-state index in [-0.39, 0.29) is 0 Å². The molecule has 0 radical (unpaired) electrons. The van der Waals surface area contributed by atoms with Crippen molar-refractivity contribution < 1.29 is 0 Å². The minimum atomic E-state index is 1.15. The number of hydrogen-bond acceptors (Lipinski definition) is 2. The van der Waals surface area contributed by atoms with E-state index in [0.29, 0.717) is 0 Å². The van der Waals surface area contributed by atoms with E-state index in [1.807, 2.05) is 23.5 Å². The number of hydrogen-bond donors (Lipinski definition) is 0. The third-order valence-corrected chi connectivity index (χ3v) is 5.30. The van der Waals surface area contributed by atoms with Gasteiger partial charge in [0.1, 0.15) is 0 Å². The highest BCUT2D eigenvalue weighted by atomic mass is 32.2. The van der Waals surface area contributed by atoms with Gasteiger partial charge in [-0.05, 0) is 25.0 Å². The van der Waals surface area contributed by atoms with Gasteiger partial charge in [-0.3, -0.25) is 0 Å². The number of benzene rings is 1. The largest absolute Gasteiger partial charge is 0.153 e. The third kappa shape index (κ3) is 3.08. The van der Waals surface area contributed by atoms with E-state index in [1.54, 1.807) is 11.1 Å². The van der Waals surface area contributed by atoms with Crippen LogP contribution in [0, 0.1) is 0 Å². The zero-order valence-electron chi connectivity index (χ0n) is 9.95. The molecule has 0 fully saturated rings. The summed E-state index contributed by atoms with van der Waals surface area (Å²) in [6.07, 6.45) is 0. The summed E-state index contributed by atoms with van der Waals surface area (Å²) in [5, 5.41) is 0. The maximum absolute atomic E-state index is 2.27. The molecule has 1 aliphatic rings. The second-order valence-corrected chi connectivity index (χ2v) is 6.29. The fourth-order valence-corrected chi connectivity index (χ4v) is 4.03. The Hall–Kier alpha value is -0.340. The molecule has 0 amide bonds. The Kier molecular flexibility index (Phi) is 4.42. The summed E-state index contributed by atoms with van der Waals surface area (Å²) in [6.45, 7) is 4.55. The smallest absolute Gasteiger partial charge is 0.0190 e. The van der Waals surface area contributed by atoms with E-state index in [1.165, 1.54) is 22.6 Å². The minimum absolute atomic E-state index is 1.15. The molecule has 0 atom stereocenters. The van der Waals surface area contributed by atoms with Gasteiger partial charge in [0, 0.05) is 23.0 Å². The third-order valence-electron chi connectivity index (χ3n) is 3.00. The van der Waals surface area contributed by atoms with Crippen molar-refractivity contribution in [1.29, 1.82) is 0 Å². The molecule has 86 valence electrons. The molecule has 0 saturated carbocycles. The Morgan fingerprint density at radius 1 is 0.750 bits per heavy atom. The van der Waals surface area contributed by atoms with Crippen molar-refractivity contribution >= 4 is 23.5 Å². The number of rotatable bonds is 0. The van der Waals surface area contributed by atoms with Crippen LogP contribution in [0.3, 0.4) is 0 Å². The fourth-order valence-electron chi connectivity index (χ4n) is 1.71. The van der Waals surface area contributed by atoms with Crippen LogP contribution >= 0.6 is 23.5 Å². The van der Waals surface area contributed by atoms with Gasteiger partial charge in [-0.1, -0.05) is 35.4 Å². The molecule has 0 aromatic heterocycles. The van der Waals surface area contributed by atoms with Crippen molar-refractivity contribution in [2.45, 2.75) is 25.4 Å². The van der Waals surface area contributed by atoms with Crippen molar-refractivity contribution in [1.82, 2.24) is 0 Å². The zero-order valence-corrected chi connectivity index (χ0v) is 11.6. The fraction of sp³-hybridized carbons (Fsp3) is 0.429. The molecule has 0 N–H and O–H groups in total. The lowest BCUT2D eigenvalue weighted by molar-refractivity contribution is 1.22. The summed E-state index contributed by atoms with van der Waals surface area (Å²) >= 11 is 4.08. The highest BCUT2D eigenvalue weighted by Gasteiger charge is 2.06. The second kappa shape index (κ2) is 5.83. The van der Waals surface area contributed by atoms with E-state index < -0.39 is 0 Å². The Labute approximate surface area is 107 Å². The predicted octanol–water partition coefficient (Wildman–Crippen LogP) is 4.50. The van der Waals surface area contributed by atoms with Crippen LogP contribution < -0.4 is 0 Å². The van der Waals surface area contributed by atoms with E-state index in [4.69, 9.17) is 0 Å². The van der Waals surface area contributed by atoms with Crippen molar-refractivity contribution in [3.05, 3.63) is 46.5 Å². The summed E-state index contributed by atoms with van der Waals surface area (Å²) in [5.74, 6) is 4.67. The standard InChI is InChI=1S/C14H18S2/c1-11-7-15-9-13-5-3-4-6-14(13)10-16-8-12(11)2/h3-6H,7-10H2,1-2H3/b12-11-. The normalized spacial score (nSPS) is 22.6. The predicted molar refractivity (Wildman–Crippen MR) is 77.1 cm³/mol. The van der Waals surface area contributed by atoms with Gasteiger partial charge >= 0.3 is 0 Å². The van der Waals surface area contributed by atoms with E-state index in [2.05, 4.69) is 38.1 Å². The molecule has 2 rings (SSSR count). The van der Waals surface area contributed by atoms with E-state index >= 15 is 0 Å². The first-order valence-electron chi connectivity index (χ1n) is 5.65. The van der Waals surface area contributed by atoms with Crippen LogP contribution in [0.5, 0.6) is 0 Å². The summed E-state index contributed by atoms with van der Waals surface area (Å²) in [6, 6.07) is 8.86. The molecule has 16 heavy (non-hydrogen) atoms. The second-order valence-electron chi connectivity index (χ2n) is 4.31. The van der Waals surface area contributed by atoms with Gasteiger partial charge in [0.15, 0.2) is 0 Å². The Balaban J connectivity index is 2.16. The van der Waals surface area contributed by atoms with Crippen molar-refractivity contribution in [2.24, 2.45) is 0 Å². The summed E-state index contributed by atoms with van der Waals surface area (Å²) in [7, 11) is 0. The molecule has 1 aromatic carbocycles. The average molecular weight is 250 g/mol. The van der Waals surface area contributed by atoms with Gasteiger partial charge in [-0.25, -0.2) is 0 Å². The molecule has 1 heterocycles. The van der Waals surface area contributed by atoms with E-state index in [0.717, 1.165) is 11.5 Å². The number of fused-ring (bicyclic) bond motifs is 1. The molecule has 2 heteroatoms. The Morgan fingerprint density at radius 3 is 1.62 bits per heavy atom. The lowest BCUT2D eigenvalue weighted by atomic mass is 10.1. The molecule has 0 saturated heterocycles. The van der Waals surface area contributed by atoms with Gasteiger partial charge in [0.25, 0.3) is 0 Å². The van der Waals surface area contributed by atoms with Gasteiger partial charge < -0.3 is 0 Å². The van der Waals surface area contributed by atoms with Crippen LogP contribution in [-0.4, -0.2) is 11.5 Å². The van der Waals surface area contributed by atoms with Crippen LogP contribution in [-0.2, 0) is 11.5 Å². The highest BCUT2D eigenvalue weighted by molar-refractivity contribution is 7.99. The van der Waals surface area contributed by atoms with E-state index in [9.17, 15) is 0 Å². The summed E-state index contributed by atoms with van der Waals surface area (Å²) < 4.78 is 0. The molecular formula is C14H18S2. The van der Waals surface area contributed by atoms with Crippen molar-refractivity contribution in [3.8, 4) is 0 Å². The maximum atomic E-state index is 2.27. The van der Waals surface area contributed by atoms with Crippen LogP contribution in [0.1, 0.15) is 25.0 Å². The molecule has 0 bridgehead atoms. The molecule has 0 nitrogen and oxygen atoms in total. The lowest BCUT2D eigenvalue weighted by Crippen LogP contribution is -1.98. The van der Waals surface area contributed by atoms with Crippen molar-refractivity contribution in [3.63, 3.8) is 0 Å². The molecule has 1 aromatic rings. The minimum Gasteiger partial charge on any atom is -0.153 e. The zero-order chi connectivity index (χ0) is 11.4. The van der Waals surface area contributed by atoms with Gasteiger partial charge in [0.2, 0.25) is 0 Å². The van der Waals surface area contributed by atoms with Crippen LogP contribution in [0.15, 0.2) is 35.4 Å². The van der Waals surface area contributed by atoms with Gasteiger partial charge in [-0.2, -0.15) is 23.5 Å². The Morgan fingerprint density at radius 2 is 1.19 bits per heavy atom. The van der Waals surface area contributed by atoms with Crippen LogP contribution in [0.25, 0.3) is 0 Å². The molecule has 0 unspecified atom stereocenters. The maximum Gasteiger partial charge on any atom is 0.0190 e. The monoisotopic (exact) mass is 250 g/mol. The average Bonchev–Trinajstić information content (AvgIpc) is 2.30. The van der Waals surface area contributed by atoms with Gasteiger partial charge in [-0.15, -0.1) is 0 Å². The lowest BCUT2D eigenvalue weighted by Gasteiger charge is -2.14. The first-order valence-corrected chi connectivity index (χ1v) is 7.96. The Bertz CT molecular complexity index is 356. The van der Waals surface area contributed by atoms with Crippen molar-refractivity contribution in [2.75, 3.05) is 11.5 Å². The summed E-state index contributed by atoms with van der Waals surface area (Å²) in [5.41, 5.74) is 6.17. The quantitative estimate of drug-likeness (QED) is 0.622. The summed E-state index contributed by atoms with van der Waals surface area (Å²) in [4.78, 5) is 0. The first-order chi connectivity index (χ1) is 7.77. The highest BCUT2D eigenvalue weighted by Crippen LogP contribution is 2.26. The first kappa shape index (κ1) is 12.1. The van der Waals surface area contributed by atoms with Gasteiger partial charge in [0.05, 0.1) is 0 Å². The van der Waals surface area contributed by atoms with Crippen LogP contribution in [0.4, 0.5) is 0 Å². The topological polar surface area (TPSA) is 0 Å². The molecule has 0 spiro atoms. The molecular weight excluding hydrogens is 232 g/mol. The SMILES string of the molecule is C/C1=C(\C)CSCc2ccccc2CSC1. The van der Waals surface area contributed by atoms with Crippen LogP contribution in [0.2, 0.25) is 0 Å². The number of thioether (sulfide) groups is 2. The molecule has 1 aliphatic heterocycles.